The molecule has 0 aliphatic carbocycles. The highest BCUT2D eigenvalue weighted by atomic mass is 35.5. The van der Waals surface area contributed by atoms with Crippen molar-refractivity contribution in [2.75, 3.05) is 0 Å². The minimum atomic E-state index is 0.520. The highest BCUT2D eigenvalue weighted by Gasteiger charge is 2.09. The minimum absolute atomic E-state index is 0.520. The molecule has 2 aromatic carbocycles. The van der Waals surface area contributed by atoms with Crippen molar-refractivity contribution < 1.29 is 4.42 Å². The van der Waals surface area contributed by atoms with Crippen LogP contribution in [0.3, 0.4) is 0 Å². The third-order valence-corrected chi connectivity index (χ3v) is 4.14. The van der Waals surface area contributed by atoms with E-state index in [0.29, 0.717) is 27.1 Å². The van der Waals surface area contributed by atoms with E-state index in [1.54, 1.807) is 18.2 Å². The van der Waals surface area contributed by atoms with E-state index in [9.17, 15) is 5.26 Å². The summed E-state index contributed by atoms with van der Waals surface area (Å²) in [7, 11) is 0. The molecule has 0 aliphatic heterocycles. The van der Waals surface area contributed by atoms with E-state index in [1.807, 2.05) is 49.4 Å². The first-order chi connectivity index (χ1) is 11.6. The maximum atomic E-state index is 9.41. The Balaban J connectivity index is 1.95. The molecule has 1 heterocycles. The fourth-order valence-corrected chi connectivity index (χ4v) is 2.82. The summed E-state index contributed by atoms with van der Waals surface area (Å²) in [6.45, 7) is 2.01. The highest BCUT2D eigenvalue weighted by molar-refractivity contribution is 6.36. The zero-order chi connectivity index (χ0) is 17.1. The van der Waals surface area contributed by atoms with E-state index >= 15 is 0 Å². The Kier molecular flexibility index (Phi) is 4.76. The fourth-order valence-electron chi connectivity index (χ4n) is 2.32. The lowest BCUT2D eigenvalue weighted by Crippen LogP contribution is -1.82. The fraction of sp³-hybridized carbons (Fsp3) is 0.0500. The predicted octanol–water partition coefficient (Wildman–Crippen LogP) is 6.63. The average molecular weight is 354 g/mol. The van der Waals surface area contributed by atoms with Gasteiger partial charge in [-0.15, -0.1) is 0 Å². The smallest absolute Gasteiger partial charge is 0.136 e. The van der Waals surface area contributed by atoms with Gasteiger partial charge in [0, 0.05) is 10.6 Å². The Hall–Kier alpha value is -2.47. The molecule has 0 saturated heterocycles. The van der Waals surface area contributed by atoms with Crippen LogP contribution in [0.2, 0.25) is 10.0 Å². The number of allylic oxidation sites excluding steroid dienone is 1. The Labute approximate surface area is 150 Å². The molecule has 0 radical (unpaired) electrons. The number of aryl methyl sites for hydroxylation is 1. The van der Waals surface area contributed by atoms with Crippen LogP contribution in [-0.2, 0) is 0 Å². The van der Waals surface area contributed by atoms with Crippen molar-refractivity contribution >= 4 is 34.9 Å². The number of nitrogens with zero attached hydrogens (tertiary/aromatic N) is 1. The lowest BCUT2D eigenvalue weighted by atomic mass is 10.0. The molecule has 2 nitrogen and oxygen atoms in total. The van der Waals surface area contributed by atoms with E-state index < -0.39 is 0 Å². The van der Waals surface area contributed by atoms with Crippen LogP contribution in [0.25, 0.3) is 23.0 Å². The van der Waals surface area contributed by atoms with Crippen LogP contribution >= 0.6 is 23.2 Å². The molecule has 24 heavy (non-hydrogen) atoms. The first kappa shape index (κ1) is 16.4. The zero-order valence-electron chi connectivity index (χ0n) is 12.9. The van der Waals surface area contributed by atoms with Crippen molar-refractivity contribution in [3.8, 4) is 17.4 Å². The minimum Gasteiger partial charge on any atom is -0.457 e. The molecule has 118 valence electrons. The second-order valence-corrected chi connectivity index (χ2v) is 6.21. The Morgan fingerprint density at radius 1 is 1.04 bits per heavy atom. The SMILES string of the molecule is Cc1ccc(/C(C#N)=C/c2ccc(-c3ccc(Cl)cc3Cl)o2)cc1. The molecule has 0 saturated carbocycles. The summed E-state index contributed by atoms with van der Waals surface area (Å²) < 4.78 is 5.81. The number of nitriles is 1. The van der Waals surface area contributed by atoms with Gasteiger partial charge in [0.25, 0.3) is 0 Å². The van der Waals surface area contributed by atoms with Crippen LogP contribution in [0.15, 0.2) is 59.0 Å². The van der Waals surface area contributed by atoms with Gasteiger partial charge in [-0.05, 0) is 48.9 Å². The maximum Gasteiger partial charge on any atom is 0.136 e. The molecule has 0 amide bonds. The summed E-state index contributed by atoms with van der Waals surface area (Å²) in [4.78, 5) is 0. The van der Waals surface area contributed by atoms with E-state index in [-0.39, 0.29) is 0 Å². The monoisotopic (exact) mass is 353 g/mol. The Morgan fingerprint density at radius 2 is 1.79 bits per heavy atom. The van der Waals surface area contributed by atoms with Crippen LogP contribution in [0.5, 0.6) is 0 Å². The molecule has 0 fully saturated rings. The van der Waals surface area contributed by atoms with E-state index in [1.165, 1.54) is 0 Å². The third kappa shape index (κ3) is 3.54. The summed E-state index contributed by atoms with van der Waals surface area (Å²) in [5, 5.41) is 10.5. The molecular formula is C20H13Cl2NO. The van der Waals surface area contributed by atoms with Gasteiger partial charge in [-0.2, -0.15) is 5.26 Å². The van der Waals surface area contributed by atoms with Gasteiger partial charge in [-0.25, -0.2) is 0 Å². The summed E-state index contributed by atoms with van der Waals surface area (Å²) in [5.74, 6) is 1.22. The summed E-state index contributed by atoms with van der Waals surface area (Å²) in [6, 6.07) is 18.9. The second kappa shape index (κ2) is 6.97. The molecule has 3 rings (SSSR count). The summed E-state index contributed by atoms with van der Waals surface area (Å²) in [6.07, 6.45) is 1.72. The summed E-state index contributed by atoms with van der Waals surface area (Å²) >= 11 is 12.1. The van der Waals surface area contributed by atoms with Gasteiger partial charge < -0.3 is 4.42 Å². The number of rotatable bonds is 3. The van der Waals surface area contributed by atoms with Gasteiger partial charge in [0.05, 0.1) is 16.7 Å². The molecule has 0 spiro atoms. The Bertz CT molecular complexity index is 947. The predicted molar refractivity (Wildman–Crippen MR) is 98.8 cm³/mol. The first-order valence-corrected chi connectivity index (χ1v) is 8.06. The van der Waals surface area contributed by atoms with Gasteiger partial charge in [-0.3, -0.25) is 0 Å². The van der Waals surface area contributed by atoms with Crippen LogP contribution in [0, 0.1) is 18.3 Å². The van der Waals surface area contributed by atoms with Gasteiger partial charge >= 0.3 is 0 Å². The molecule has 3 aromatic rings. The lowest BCUT2D eigenvalue weighted by molar-refractivity contribution is 0.572. The maximum absolute atomic E-state index is 9.41. The number of hydrogen-bond donors (Lipinski definition) is 0. The molecule has 0 aliphatic rings. The van der Waals surface area contributed by atoms with E-state index in [2.05, 4.69) is 6.07 Å². The average Bonchev–Trinajstić information content (AvgIpc) is 3.02. The number of hydrogen-bond acceptors (Lipinski definition) is 2. The van der Waals surface area contributed by atoms with Crippen molar-refractivity contribution in [3.63, 3.8) is 0 Å². The number of benzene rings is 2. The summed E-state index contributed by atoms with van der Waals surface area (Å²) in [5.41, 5.74) is 3.30. The van der Waals surface area contributed by atoms with E-state index in [0.717, 1.165) is 16.7 Å². The number of furan rings is 1. The van der Waals surface area contributed by atoms with Crippen molar-refractivity contribution in [1.82, 2.24) is 0 Å². The molecule has 0 N–H and O–H groups in total. The quantitative estimate of drug-likeness (QED) is 0.495. The van der Waals surface area contributed by atoms with Gasteiger partial charge in [0.15, 0.2) is 0 Å². The second-order valence-electron chi connectivity index (χ2n) is 5.36. The Morgan fingerprint density at radius 3 is 2.46 bits per heavy atom. The molecular weight excluding hydrogens is 341 g/mol. The van der Waals surface area contributed by atoms with Gasteiger partial charge in [-0.1, -0.05) is 53.0 Å². The van der Waals surface area contributed by atoms with Crippen molar-refractivity contribution in [2.45, 2.75) is 6.92 Å². The molecule has 0 atom stereocenters. The third-order valence-electron chi connectivity index (χ3n) is 3.59. The molecule has 4 heteroatoms. The van der Waals surface area contributed by atoms with Crippen LogP contribution in [-0.4, -0.2) is 0 Å². The van der Waals surface area contributed by atoms with Gasteiger partial charge in [0.2, 0.25) is 0 Å². The van der Waals surface area contributed by atoms with Gasteiger partial charge in [0.1, 0.15) is 11.5 Å². The largest absolute Gasteiger partial charge is 0.457 e. The van der Waals surface area contributed by atoms with E-state index in [4.69, 9.17) is 27.6 Å². The van der Waals surface area contributed by atoms with Crippen molar-refractivity contribution in [2.24, 2.45) is 0 Å². The van der Waals surface area contributed by atoms with Crippen LogP contribution in [0.1, 0.15) is 16.9 Å². The van der Waals surface area contributed by atoms with Crippen LogP contribution < -0.4 is 0 Å². The first-order valence-electron chi connectivity index (χ1n) is 7.31. The van der Waals surface area contributed by atoms with Crippen molar-refractivity contribution in [1.29, 1.82) is 5.26 Å². The molecule has 1 aromatic heterocycles. The lowest BCUT2D eigenvalue weighted by Gasteiger charge is -2.01. The topological polar surface area (TPSA) is 36.9 Å². The molecule has 0 unspecified atom stereocenters. The number of halogens is 2. The van der Waals surface area contributed by atoms with Crippen LogP contribution in [0.4, 0.5) is 0 Å². The normalized spacial score (nSPS) is 11.3. The molecule has 0 bridgehead atoms. The standard InChI is InChI=1S/C20H13Cl2NO/c1-13-2-4-14(5-3-13)15(12-23)10-17-7-9-20(24-17)18-8-6-16(21)11-19(18)22/h2-11H,1H3/b15-10+. The zero-order valence-corrected chi connectivity index (χ0v) is 14.4. The highest BCUT2D eigenvalue weighted by Crippen LogP contribution is 2.32. The van der Waals surface area contributed by atoms with Crippen molar-refractivity contribution in [3.05, 3.63) is 81.5 Å².